The molecule has 0 radical (unpaired) electrons. The summed E-state index contributed by atoms with van der Waals surface area (Å²) >= 11 is 0. The third kappa shape index (κ3) is 3.01. The van der Waals surface area contributed by atoms with Gasteiger partial charge in [0.15, 0.2) is 0 Å². The van der Waals surface area contributed by atoms with Gasteiger partial charge in [0.2, 0.25) is 5.91 Å². The lowest BCUT2D eigenvalue weighted by molar-refractivity contribution is -0.135. The maximum Gasteiger partial charge on any atom is 0.233 e. The monoisotopic (exact) mass is 306 g/mol. The standard InChI is InChI=1S/C17H23FN2O2/c1-13(21)12-19-8-10-20(11-9-19)16(22)17(6-7-17)14-2-4-15(18)5-3-14/h2-5,13,21H,6-12H2,1H3. The number of carbonyl (C=O) groups is 1. The number of aliphatic hydroxyl groups is 1. The normalized spacial score (nSPS) is 22.4. The molecule has 1 aliphatic carbocycles. The van der Waals surface area contributed by atoms with Gasteiger partial charge in [-0.1, -0.05) is 12.1 Å². The zero-order valence-corrected chi connectivity index (χ0v) is 13.0. The van der Waals surface area contributed by atoms with Gasteiger partial charge in [-0.25, -0.2) is 4.39 Å². The Morgan fingerprint density at radius 1 is 1.23 bits per heavy atom. The molecule has 1 heterocycles. The van der Waals surface area contributed by atoms with E-state index in [0.717, 1.165) is 31.5 Å². The lowest BCUT2D eigenvalue weighted by Gasteiger charge is -2.37. The van der Waals surface area contributed by atoms with E-state index in [2.05, 4.69) is 4.90 Å². The Kier molecular flexibility index (Phi) is 4.19. The largest absolute Gasteiger partial charge is 0.392 e. The van der Waals surface area contributed by atoms with Gasteiger partial charge in [0.1, 0.15) is 5.82 Å². The Balaban J connectivity index is 1.64. The third-order valence-corrected chi connectivity index (χ3v) is 4.74. The van der Waals surface area contributed by atoms with Crippen LogP contribution in [-0.2, 0) is 10.2 Å². The van der Waals surface area contributed by atoms with Crippen molar-refractivity contribution < 1.29 is 14.3 Å². The molecule has 22 heavy (non-hydrogen) atoms. The van der Waals surface area contributed by atoms with E-state index < -0.39 is 5.41 Å². The second-order valence-electron chi connectivity index (χ2n) is 6.53. The van der Waals surface area contributed by atoms with Gasteiger partial charge in [-0.3, -0.25) is 9.69 Å². The lowest BCUT2D eigenvalue weighted by atomic mass is 9.94. The first-order chi connectivity index (χ1) is 10.5. The molecule has 0 spiro atoms. The molecule has 4 nitrogen and oxygen atoms in total. The molecule has 1 N–H and O–H groups in total. The van der Waals surface area contributed by atoms with Gasteiger partial charge in [-0.05, 0) is 37.5 Å². The van der Waals surface area contributed by atoms with Crippen molar-refractivity contribution in [3.8, 4) is 0 Å². The molecule has 1 amide bonds. The molecule has 1 saturated heterocycles. The van der Waals surface area contributed by atoms with Gasteiger partial charge in [-0.2, -0.15) is 0 Å². The number of hydrogen-bond donors (Lipinski definition) is 1. The number of aliphatic hydroxyl groups excluding tert-OH is 1. The molecule has 1 unspecified atom stereocenters. The van der Waals surface area contributed by atoms with Crippen LogP contribution in [0, 0.1) is 5.82 Å². The highest BCUT2D eigenvalue weighted by Crippen LogP contribution is 2.49. The molecule has 0 bridgehead atoms. The molecule has 2 fully saturated rings. The average Bonchev–Trinajstić information content (AvgIpc) is 3.29. The minimum absolute atomic E-state index is 0.177. The minimum Gasteiger partial charge on any atom is -0.392 e. The summed E-state index contributed by atoms with van der Waals surface area (Å²) in [5, 5.41) is 9.44. The van der Waals surface area contributed by atoms with E-state index in [0.29, 0.717) is 19.6 Å². The first-order valence-electron chi connectivity index (χ1n) is 7.97. The first kappa shape index (κ1) is 15.4. The maximum atomic E-state index is 13.1. The quantitative estimate of drug-likeness (QED) is 0.914. The first-order valence-corrected chi connectivity index (χ1v) is 7.97. The third-order valence-electron chi connectivity index (χ3n) is 4.74. The second-order valence-corrected chi connectivity index (χ2v) is 6.53. The predicted molar refractivity (Wildman–Crippen MR) is 82.0 cm³/mol. The minimum atomic E-state index is -0.417. The number of nitrogens with zero attached hydrogens (tertiary/aromatic N) is 2. The van der Waals surface area contributed by atoms with Gasteiger partial charge in [-0.15, -0.1) is 0 Å². The zero-order chi connectivity index (χ0) is 15.7. The van der Waals surface area contributed by atoms with Gasteiger partial charge in [0, 0.05) is 32.7 Å². The van der Waals surface area contributed by atoms with E-state index in [1.807, 2.05) is 4.90 Å². The van der Waals surface area contributed by atoms with Crippen LogP contribution in [0.1, 0.15) is 25.3 Å². The molecule has 1 aliphatic heterocycles. The fraction of sp³-hybridized carbons (Fsp3) is 0.588. The van der Waals surface area contributed by atoms with Crippen LogP contribution in [0.15, 0.2) is 24.3 Å². The van der Waals surface area contributed by atoms with Crippen LogP contribution in [-0.4, -0.2) is 59.6 Å². The summed E-state index contributed by atoms with van der Waals surface area (Å²) in [5.74, 6) is -0.0884. The molecule has 5 heteroatoms. The fourth-order valence-corrected chi connectivity index (χ4v) is 3.33. The number of halogens is 1. The van der Waals surface area contributed by atoms with Crippen LogP contribution in [0.25, 0.3) is 0 Å². The van der Waals surface area contributed by atoms with Crippen molar-refractivity contribution in [2.75, 3.05) is 32.7 Å². The number of rotatable bonds is 4. The average molecular weight is 306 g/mol. The molecule has 1 aromatic rings. The maximum absolute atomic E-state index is 13.1. The predicted octanol–water partition coefficient (Wildman–Crippen LogP) is 1.38. The highest BCUT2D eigenvalue weighted by molar-refractivity contribution is 5.91. The Morgan fingerprint density at radius 3 is 2.32 bits per heavy atom. The van der Waals surface area contributed by atoms with Gasteiger partial charge >= 0.3 is 0 Å². The number of β-amino-alcohol motifs (C(OH)–C–C–N with tert-alkyl or cyclic N) is 1. The SMILES string of the molecule is CC(O)CN1CCN(C(=O)C2(c3ccc(F)cc3)CC2)CC1. The van der Waals surface area contributed by atoms with Crippen LogP contribution < -0.4 is 0 Å². The molecule has 3 rings (SSSR count). The molecule has 1 aromatic carbocycles. The van der Waals surface area contributed by atoms with E-state index in [-0.39, 0.29) is 17.8 Å². The summed E-state index contributed by atoms with van der Waals surface area (Å²) in [7, 11) is 0. The van der Waals surface area contributed by atoms with Crippen molar-refractivity contribution in [2.24, 2.45) is 0 Å². The smallest absolute Gasteiger partial charge is 0.233 e. The van der Waals surface area contributed by atoms with E-state index in [1.165, 1.54) is 12.1 Å². The lowest BCUT2D eigenvalue weighted by Crippen LogP contribution is -2.52. The second kappa shape index (κ2) is 5.97. The van der Waals surface area contributed by atoms with Crippen molar-refractivity contribution in [2.45, 2.75) is 31.3 Å². The fourth-order valence-electron chi connectivity index (χ4n) is 3.33. The van der Waals surface area contributed by atoms with E-state index >= 15 is 0 Å². The summed E-state index contributed by atoms with van der Waals surface area (Å²) < 4.78 is 13.1. The zero-order valence-electron chi connectivity index (χ0n) is 13.0. The summed E-state index contributed by atoms with van der Waals surface area (Å²) in [6.45, 7) is 5.45. The number of carbonyl (C=O) groups excluding carboxylic acids is 1. The van der Waals surface area contributed by atoms with Crippen LogP contribution in [0.4, 0.5) is 4.39 Å². The summed E-state index contributed by atoms with van der Waals surface area (Å²) in [5.41, 5.74) is 0.519. The Labute approximate surface area is 130 Å². The summed E-state index contributed by atoms with van der Waals surface area (Å²) in [6, 6.07) is 6.35. The van der Waals surface area contributed by atoms with E-state index in [9.17, 15) is 14.3 Å². The van der Waals surface area contributed by atoms with Crippen molar-refractivity contribution in [3.63, 3.8) is 0 Å². The van der Waals surface area contributed by atoms with Crippen molar-refractivity contribution in [1.29, 1.82) is 0 Å². The molecule has 1 saturated carbocycles. The van der Waals surface area contributed by atoms with Crippen molar-refractivity contribution >= 4 is 5.91 Å². The van der Waals surface area contributed by atoms with Crippen LogP contribution >= 0.6 is 0 Å². The Bertz CT molecular complexity index is 532. The van der Waals surface area contributed by atoms with Crippen LogP contribution in [0.3, 0.4) is 0 Å². The summed E-state index contributed by atoms with van der Waals surface area (Å²) in [6.07, 6.45) is 1.37. The van der Waals surface area contributed by atoms with E-state index in [1.54, 1.807) is 19.1 Å². The molecule has 0 aromatic heterocycles. The van der Waals surface area contributed by atoms with Crippen molar-refractivity contribution in [3.05, 3.63) is 35.6 Å². The molecule has 120 valence electrons. The number of benzene rings is 1. The van der Waals surface area contributed by atoms with E-state index in [4.69, 9.17) is 0 Å². The highest BCUT2D eigenvalue weighted by Gasteiger charge is 2.53. The Hall–Kier alpha value is -1.46. The molecule has 1 atom stereocenters. The number of amides is 1. The number of piperazine rings is 1. The van der Waals surface area contributed by atoms with Crippen molar-refractivity contribution in [1.82, 2.24) is 9.80 Å². The van der Waals surface area contributed by atoms with Gasteiger partial charge in [0.25, 0.3) is 0 Å². The highest BCUT2D eigenvalue weighted by atomic mass is 19.1. The van der Waals surface area contributed by atoms with Gasteiger partial charge in [0.05, 0.1) is 11.5 Å². The van der Waals surface area contributed by atoms with Gasteiger partial charge < -0.3 is 10.0 Å². The number of hydrogen-bond acceptors (Lipinski definition) is 3. The topological polar surface area (TPSA) is 43.8 Å². The molecular weight excluding hydrogens is 283 g/mol. The molecule has 2 aliphatic rings. The Morgan fingerprint density at radius 2 is 1.82 bits per heavy atom. The summed E-state index contributed by atoms with van der Waals surface area (Å²) in [4.78, 5) is 17.0. The van der Waals surface area contributed by atoms with Crippen LogP contribution in [0.5, 0.6) is 0 Å². The molecular formula is C17H23FN2O2. The van der Waals surface area contributed by atoms with Crippen LogP contribution in [0.2, 0.25) is 0 Å².